The van der Waals surface area contributed by atoms with Crippen molar-refractivity contribution < 1.29 is 67.7 Å². The zero-order chi connectivity index (χ0) is 60.1. The molecule has 11 amide bonds. The van der Waals surface area contributed by atoms with E-state index in [1.165, 1.54) is 21.6 Å². The van der Waals surface area contributed by atoms with E-state index in [4.69, 9.17) is 17.2 Å². The first-order chi connectivity index (χ1) is 38.3. The van der Waals surface area contributed by atoms with E-state index in [1.807, 2.05) is 26.0 Å². The molecule has 1 aromatic carbocycles. The van der Waals surface area contributed by atoms with Gasteiger partial charge in [-0.1, -0.05) is 45.9 Å². The van der Waals surface area contributed by atoms with Crippen LogP contribution in [0.2, 0.25) is 0 Å². The van der Waals surface area contributed by atoms with Crippen LogP contribution >= 0.6 is 11.8 Å². The Balaban J connectivity index is 1.55. The average Bonchev–Trinajstić information content (AvgIpc) is 4.32. The molecule has 2 fully saturated rings. The molecule has 448 valence electrons. The summed E-state index contributed by atoms with van der Waals surface area (Å²) in [5, 5.41) is 37.9. The fourth-order valence-electron chi connectivity index (χ4n) is 9.65. The molecule has 2 aliphatic rings. The number of primary amides is 2. The predicted molar refractivity (Wildman–Crippen MR) is 298 cm³/mol. The number of carbonyl (C=O) groups is 12. The number of hydrogen-bond acceptors (Lipinski definition) is 15. The van der Waals surface area contributed by atoms with Crippen molar-refractivity contribution in [3.8, 4) is 0 Å². The Morgan fingerprint density at radius 3 is 1.74 bits per heavy atom. The van der Waals surface area contributed by atoms with Crippen LogP contribution < -0.4 is 54.4 Å². The molecule has 0 aliphatic carbocycles. The van der Waals surface area contributed by atoms with Crippen molar-refractivity contribution in [2.24, 2.45) is 29.0 Å². The van der Waals surface area contributed by atoms with Crippen molar-refractivity contribution in [2.75, 3.05) is 38.2 Å². The summed E-state index contributed by atoms with van der Waals surface area (Å²) in [5.41, 5.74) is 17.7. The summed E-state index contributed by atoms with van der Waals surface area (Å²) < 4.78 is 0. The van der Waals surface area contributed by atoms with Crippen LogP contribution in [0.3, 0.4) is 0 Å². The van der Waals surface area contributed by atoms with Crippen LogP contribution in [0, 0.1) is 11.8 Å². The molecule has 2 aromatic rings. The Bertz CT molecular complexity index is 2580. The van der Waals surface area contributed by atoms with Gasteiger partial charge < -0.3 is 79.4 Å². The van der Waals surface area contributed by atoms with Gasteiger partial charge in [0.25, 0.3) is 0 Å². The molecule has 0 spiro atoms. The third-order valence-electron chi connectivity index (χ3n) is 13.9. The lowest BCUT2D eigenvalue weighted by molar-refractivity contribution is -0.147. The van der Waals surface area contributed by atoms with Gasteiger partial charge in [-0.3, -0.25) is 52.7 Å². The summed E-state index contributed by atoms with van der Waals surface area (Å²) in [6.07, 6.45) is 4.15. The first-order valence-corrected chi connectivity index (χ1v) is 28.6. The van der Waals surface area contributed by atoms with Crippen LogP contribution in [0.25, 0.3) is 10.9 Å². The molecule has 81 heavy (non-hydrogen) atoms. The quantitative estimate of drug-likeness (QED) is 0.0351. The van der Waals surface area contributed by atoms with Crippen molar-refractivity contribution in [3.05, 3.63) is 36.0 Å². The van der Waals surface area contributed by atoms with Crippen LogP contribution in [0.5, 0.6) is 0 Å². The molecule has 2 saturated heterocycles. The number of H-pyrrole nitrogens is 1. The number of para-hydroxylation sites is 1. The predicted octanol–water partition coefficient (Wildman–Crippen LogP) is -2.50. The van der Waals surface area contributed by atoms with Gasteiger partial charge >= 0.3 is 5.97 Å². The van der Waals surface area contributed by atoms with Crippen LogP contribution in [0.4, 0.5) is 0 Å². The van der Waals surface area contributed by atoms with Crippen LogP contribution in [0.1, 0.15) is 104 Å². The minimum absolute atomic E-state index is 0.00420. The van der Waals surface area contributed by atoms with Gasteiger partial charge in [0, 0.05) is 49.5 Å². The van der Waals surface area contributed by atoms with Gasteiger partial charge in [0.2, 0.25) is 65.0 Å². The minimum atomic E-state index is -1.74. The van der Waals surface area contributed by atoms with Gasteiger partial charge in [-0.2, -0.15) is 11.8 Å². The number of carboxylic acid groups (broad SMARTS) is 1. The van der Waals surface area contributed by atoms with Crippen LogP contribution in [0.15, 0.2) is 30.5 Å². The summed E-state index contributed by atoms with van der Waals surface area (Å²) in [7, 11) is 0. The first kappa shape index (κ1) is 66.2. The van der Waals surface area contributed by atoms with E-state index in [2.05, 4.69) is 42.2 Å². The summed E-state index contributed by atoms with van der Waals surface area (Å²) in [5.74, 6) is -9.60. The number of likely N-dealkylation sites (tertiary alicyclic amines) is 2. The van der Waals surface area contributed by atoms with Gasteiger partial charge in [-0.05, 0) is 93.3 Å². The van der Waals surface area contributed by atoms with Crippen LogP contribution in [-0.2, 0) is 64.0 Å². The number of nitrogens with one attached hydrogen (secondary N) is 8. The van der Waals surface area contributed by atoms with Gasteiger partial charge in [0.15, 0.2) is 0 Å². The van der Waals surface area contributed by atoms with Crippen molar-refractivity contribution >= 4 is 93.6 Å². The molecular weight excluding hydrogens is 1070 g/mol. The van der Waals surface area contributed by atoms with E-state index in [0.29, 0.717) is 30.6 Å². The fourth-order valence-corrected chi connectivity index (χ4v) is 10.1. The van der Waals surface area contributed by atoms with E-state index in [9.17, 15) is 67.7 Å². The number of aromatic amines is 1. The molecule has 0 radical (unpaired) electrons. The molecule has 0 saturated carbocycles. The third-order valence-corrected chi connectivity index (χ3v) is 14.6. The average molecular weight is 1160 g/mol. The largest absolute Gasteiger partial charge is 0.480 e. The number of rotatable bonds is 33. The van der Waals surface area contributed by atoms with Gasteiger partial charge in [0.05, 0.1) is 19.2 Å². The number of thioether (sulfide) groups is 1. The van der Waals surface area contributed by atoms with E-state index in [-0.39, 0.29) is 76.3 Å². The molecule has 28 heteroatoms. The number of benzene rings is 1. The standard InChI is InChI=1S/C53H81N13O14S/c1-28(2)22-36(48(74)59-34(15-17-43(56)69)46(72)64-39(27-67)53(79)80)61-50(76)38(24-30-25-57-33-11-7-6-10-31(30)33)62-47(73)35(18-21-81-5)60-49(75)37(23-29(3)4)63-51(77)40-12-8-20-66(40)52(78)41-13-9-19-65(41)44(70)26-58-45(71)32(54)14-16-42(55)68/h6-7,10-11,25,28-29,32,34-41,57,67H,8-9,12-24,26-27,54H2,1-5H3,(H2,55,68)(H2,56,69)(H,58,71)(H,59,74)(H,60,75)(H,61,76)(H,62,73)(H,63,77)(H,64,72)(H,79,80)/t32-,34-,35-,36-,37-,38-,39-,40-,41-/m0/s1. The fraction of sp³-hybridized carbons (Fsp3) is 0.623. The lowest BCUT2D eigenvalue weighted by Crippen LogP contribution is -2.60. The highest BCUT2D eigenvalue weighted by Crippen LogP contribution is 2.26. The number of fused-ring (bicyclic) bond motifs is 1. The normalized spacial score (nSPS) is 17.7. The summed E-state index contributed by atoms with van der Waals surface area (Å²) in [6.45, 7) is 6.20. The maximum atomic E-state index is 14.6. The Hall–Kier alpha value is -7.33. The third kappa shape index (κ3) is 20.3. The Kier molecular flexibility index (Phi) is 26.3. The number of aliphatic carboxylic acids is 1. The number of carboxylic acids is 1. The SMILES string of the molecule is CSCC[C@H](NC(=O)[C@H](CC(C)C)NC(=O)[C@@H]1CCCN1C(=O)[C@@H]1CCCN1C(=O)CNC(=O)[C@@H](N)CCC(N)=O)C(=O)N[C@@H](Cc1c[nH]c2ccccc12)C(=O)N[C@@H](CC(C)C)C(=O)N[C@@H](CCC(N)=O)C(=O)N[C@@H](CO)C(=O)O. The van der Waals surface area contributed by atoms with E-state index < -0.39 is 145 Å². The highest BCUT2D eigenvalue weighted by molar-refractivity contribution is 7.98. The molecule has 2 aliphatic heterocycles. The molecule has 1 aromatic heterocycles. The molecule has 16 N–H and O–H groups in total. The number of aliphatic hydroxyl groups excluding tert-OH is 1. The molecule has 9 atom stereocenters. The van der Waals surface area contributed by atoms with Crippen molar-refractivity contribution in [1.82, 2.24) is 52.0 Å². The topological polar surface area (TPSA) is 430 Å². The van der Waals surface area contributed by atoms with Crippen molar-refractivity contribution in [3.63, 3.8) is 0 Å². The molecule has 0 unspecified atom stereocenters. The maximum absolute atomic E-state index is 14.6. The Morgan fingerprint density at radius 1 is 0.654 bits per heavy atom. The molecule has 4 rings (SSSR count). The zero-order valence-electron chi connectivity index (χ0n) is 46.6. The Labute approximate surface area is 474 Å². The van der Waals surface area contributed by atoms with E-state index in [0.717, 1.165) is 10.9 Å². The number of nitrogens with zero attached hydrogens (tertiary/aromatic N) is 2. The van der Waals surface area contributed by atoms with Crippen molar-refractivity contribution in [2.45, 2.75) is 159 Å². The zero-order valence-corrected chi connectivity index (χ0v) is 47.4. The Morgan fingerprint density at radius 2 is 1.16 bits per heavy atom. The number of amides is 11. The first-order valence-electron chi connectivity index (χ1n) is 27.2. The second-order valence-corrected chi connectivity index (χ2v) is 22.2. The number of carbonyl (C=O) groups excluding carboxylic acids is 11. The smallest absolute Gasteiger partial charge is 0.328 e. The molecule has 3 heterocycles. The monoisotopic (exact) mass is 1160 g/mol. The number of hydrogen-bond donors (Lipinski definition) is 13. The van der Waals surface area contributed by atoms with E-state index >= 15 is 0 Å². The molecule has 27 nitrogen and oxygen atoms in total. The summed E-state index contributed by atoms with van der Waals surface area (Å²) in [6, 6.07) is -4.28. The lowest BCUT2D eigenvalue weighted by atomic mass is 9.99. The van der Waals surface area contributed by atoms with Crippen molar-refractivity contribution in [1.29, 1.82) is 0 Å². The van der Waals surface area contributed by atoms with Crippen LogP contribution in [-0.4, -0.2) is 189 Å². The highest BCUT2D eigenvalue weighted by atomic mass is 32.2. The number of nitrogens with two attached hydrogens (primary N) is 3. The number of aliphatic hydroxyl groups is 1. The van der Waals surface area contributed by atoms with E-state index in [1.54, 1.807) is 38.4 Å². The minimum Gasteiger partial charge on any atom is -0.480 e. The van der Waals surface area contributed by atoms with Gasteiger partial charge in [-0.25, -0.2) is 4.79 Å². The lowest BCUT2D eigenvalue weighted by Gasteiger charge is -2.32. The second-order valence-electron chi connectivity index (χ2n) is 21.3. The molecule has 0 bridgehead atoms. The van der Waals surface area contributed by atoms with Gasteiger partial charge in [-0.15, -0.1) is 0 Å². The summed E-state index contributed by atoms with van der Waals surface area (Å²) in [4.78, 5) is 166. The highest BCUT2D eigenvalue weighted by Gasteiger charge is 2.43. The second kappa shape index (κ2) is 32.2. The van der Waals surface area contributed by atoms with Gasteiger partial charge in [0.1, 0.15) is 48.3 Å². The summed E-state index contributed by atoms with van der Waals surface area (Å²) >= 11 is 1.38. The number of aromatic nitrogens is 1. The maximum Gasteiger partial charge on any atom is 0.328 e. The molecular formula is C53H81N13O14S.